The second kappa shape index (κ2) is 9.38. The maximum Gasteiger partial charge on any atom is 0.211 e. The van der Waals surface area contributed by atoms with Crippen LogP contribution < -0.4 is 4.74 Å². The van der Waals surface area contributed by atoms with Crippen molar-refractivity contribution in [3.63, 3.8) is 0 Å². The van der Waals surface area contributed by atoms with Crippen LogP contribution in [0.1, 0.15) is 44.7 Å². The Kier molecular flexibility index (Phi) is 7.41. The normalized spacial score (nSPS) is 25.1. The molecule has 0 amide bonds. The third-order valence-corrected chi connectivity index (χ3v) is 8.98. The summed E-state index contributed by atoms with van der Waals surface area (Å²) in [5.74, 6) is 1.45. The first-order valence-electron chi connectivity index (χ1n) is 11.5. The van der Waals surface area contributed by atoms with Gasteiger partial charge < -0.3 is 14.5 Å². The highest BCUT2D eigenvalue weighted by Crippen LogP contribution is 2.42. The third kappa shape index (κ3) is 5.10. The highest BCUT2D eigenvalue weighted by molar-refractivity contribution is 7.88. The van der Waals surface area contributed by atoms with E-state index in [1.54, 1.807) is 11.4 Å². The van der Waals surface area contributed by atoms with Crippen molar-refractivity contribution >= 4 is 10.0 Å². The first kappa shape index (κ1) is 24.5. The van der Waals surface area contributed by atoms with E-state index in [0.717, 1.165) is 38.1 Å². The van der Waals surface area contributed by atoms with Crippen LogP contribution in [-0.4, -0.2) is 88.2 Å². The van der Waals surface area contributed by atoms with Gasteiger partial charge in [-0.1, -0.05) is 26.8 Å². The van der Waals surface area contributed by atoms with Crippen molar-refractivity contribution in [1.82, 2.24) is 14.1 Å². The highest BCUT2D eigenvalue weighted by atomic mass is 32.2. The van der Waals surface area contributed by atoms with Gasteiger partial charge in [0.15, 0.2) is 0 Å². The summed E-state index contributed by atoms with van der Waals surface area (Å²) in [7, 11) is 3.15. The molecule has 1 aromatic carbocycles. The molecule has 0 radical (unpaired) electrons. The Balaban J connectivity index is 1.84. The minimum Gasteiger partial charge on any atom is -0.497 e. The molecule has 2 atom stereocenters. The van der Waals surface area contributed by atoms with Crippen LogP contribution in [0.15, 0.2) is 18.2 Å². The molecule has 1 fully saturated rings. The molecule has 1 aliphatic carbocycles. The average Bonchev–Trinajstić information content (AvgIpc) is 2.72. The lowest BCUT2D eigenvalue weighted by Gasteiger charge is -2.52. The van der Waals surface area contributed by atoms with Crippen LogP contribution in [0.2, 0.25) is 0 Å². The van der Waals surface area contributed by atoms with E-state index in [1.807, 2.05) is 0 Å². The summed E-state index contributed by atoms with van der Waals surface area (Å²) in [6.07, 6.45) is 4.22. The van der Waals surface area contributed by atoms with Crippen molar-refractivity contribution in [2.75, 3.05) is 53.6 Å². The summed E-state index contributed by atoms with van der Waals surface area (Å²) in [5, 5.41) is 0. The molecule has 1 aliphatic heterocycles. The molecule has 31 heavy (non-hydrogen) atoms. The van der Waals surface area contributed by atoms with E-state index in [4.69, 9.17) is 4.74 Å². The highest BCUT2D eigenvalue weighted by Gasteiger charge is 2.46. The number of piperidine rings is 1. The van der Waals surface area contributed by atoms with Gasteiger partial charge >= 0.3 is 0 Å². The van der Waals surface area contributed by atoms with E-state index in [0.29, 0.717) is 31.1 Å². The number of methoxy groups -OCH3 is 1. The molecule has 3 rings (SSSR count). The zero-order valence-corrected chi connectivity index (χ0v) is 21.2. The van der Waals surface area contributed by atoms with Gasteiger partial charge in [0.1, 0.15) is 5.75 Å². The molecule has 2 aliphatic rings. The van der Waals surface area contributed by atoms with Crippen molar-refractivity contribution in [2.24, 2.45) is 5.92 Å². The Bertz CT molecular complexity index is 863. The number of hydrogen-bond acceptors (Lipinski definition) is 5. The molecular weight excluding hydrogens is 410 g/mol. The number of nitrogens with zero attached hydrogens (tertiary/aromatic N) is 3. The van der Waals surface area contributed by atoms with Gasteiger partial charge in [0.2, 0.25) is 10.0 Å². The Morgan fingerprint density at radius 2 is 1.81 bits per heavy atom. The van der Waals surface area contributed by atoms with E-state index in [2.05, 4.69) is 62.9 Å². The van der Waals surface area contributed by atoms with E-state index >= 15 is 0 Å². The smallest absolute Gasteiger partial charge is 0.211 e. The molecule has 1 aromatic rings. The first-order chi connectivity index (χ1) is 14.5. The fraction of sp³-hybridized carbons (Fsp3) is 0.750. The quantitative estimate of drug-likeness (QED) is 0.638. The standard InChI is InChI=1S/C24H41N3O3S/c1-8-25(4)22-15-19-9-10-20(30-6)16-21(19)24(2,3)23(22)26(5)17-18-11-13-27(14-12-18)31(7,28)29/h9-10,16,18,22-23H,8,11-15,17H2,1-7H3/t22-,23+/m1/s1. The number of ether oxygens (including phenoxy) is 1. The zero-order valence-electron chi connectivity index (χ0n) is 20.4. The van der Waals surface area contributed by atoms with Crippen LogP contribution >= 0.6 is 0 Å². The van der Waals surface area contributed by atoms with E-state index in [9.17, 15) is 8.42 Å². The van der Waals surface area contributed by atoms with Crippen LogP contribution in [0.4, 0.5) is 0 Å². The maximum atomic E-state index is 11.9. The lowest BCUT2D eigenvalue weighted by molar-refractivity contribution is 0.0424. The monoisotopic (exact) mass is 451 g/mol. The molecule has 0 aromatic heterocycles. The number of sulfonamides is 1. The second-order valence-electron chi connectivity index (χ2n) is 10.1. The lowest BCUT2D eigenvalue weighted by Crippen LogP contribution is -2.62. The molecule has 0 spiro atoms. The summed E-state index contributed by atoms with van der Waals surface area (Å²) in [4.78, 5) is 5.04. The van der Waals surface area contributed by atoms with Gasteiger partial charge in [-0.2, -0.15) is 0 Å². The molecular formula is C24H41N3O3S. The third-order valence-electron chi connectivity index (χ3n) is 7.67. The minimum absolute atomic E-state index is 0.0293. The fourth-order valence-electron chi connectivity index (χ4n) is 5.86. The summed E-state index contributed by atoms with van der Waals surface area (Å²) < 4.78 is 30.9. The number of rotatable bonds is 7. The van der Waals surface area contributed by atoms with Crippen LogP contribution in [-0.2, 0) is 21.9 Å². The van der Waals surface area contributed by atoms with Gasteiger partial charge in [0.05, 0.1) is 13.4 Å². The number of fused-ring (bicyclic) bond motifs is 1. The van der Waals surface area contributed by atoms with E-state index in [-0.39, 0.29) is 5.41 Å². The predicted molar refractivity (Wildman–Crippen MR) is 127 cm³/mol. The summed E-state index contributed by atoms with van der Waals surface area (Å²) in [5.41, 5.74) is 2.77. The van der Waals surface area contributed by atoms with Crippen LogP contribution in [0, 0.1) is 5.92 Å². The predicted octanol–water partition coefficient (Wildman–Crippen LogP) is 2.82. The Morgan fingerprint density at radius 3 is 2.35 bits per heavy atom. The van der Waals surface area contributed by atoms with Crippen molar-refractivity contribution in [1.29, 1.82) is 0 Å². The minimum atomic E-state index is -3.08. The average molecular weight is 452 g/mol. The van der Waals surface area contributed by atoms with Crippen molar-refractivity contribution in [3.8, 4) is 5.75 Å². The molecule has 7 heteroatoms. The van der Waals surface area contributed by atoms with Gasteiger partial charge in [-0.15, -0.1) is 0 Å². The largest absolute Gasteiger partial charge is 0.497 e. The molecule has 0 unspecified atom stereocenters. The molecule has 6 nitrogen and oxygen atoms in total. The zero-order chi connectivity index (χ0) is 23.0. The van der Waals surface area contributed by atoms with Crippen LogP contribution in [0.3, 0.4) is 0 Å². The van der Waals surface area contributed by atoms with E-state index < -0.39 is 10.0 Å². The maximum absolute atomic E-state index is 11.9. The van der Waals surface area contributed by atoms with Crippen LogP contribution in [0.5, 0.6) is 5.75 Å². The molecule has 1 heterocycles. The molecule has 1 saturated heterocycles. The van der Waals surface area contributed by atoms with Crippen molar-refractivity contribution in [2.45, 2.75) is 57.5 Å². The number of likely N-dealkylation sites (N-methyl/N-ethyl adjacent to an activating group) is 2. The van der Waals surface area contributed by atoms with Gasteiger partial charge in [-0.25, -0.2) is 12.7 Å². The van der Waals surface area contributed by atoms with Gasteiger partial charge in [0.25, 0.3) is 0 Å². The first-order valence-corrected chi connectivity index (χ1v) is 13.4. The molecule has 176 valence electrons. The van der Waals surface area contributed by atoms with Crippen LogP contribution in [0.25, 0.3) is 0 Å². The Labute approximate surface area is 189 Å². The summed E-state index contributed by atoms with van der Waals surface area (Å²) in [6, 6.07) is 7.34. The summed E-state index contributed by atoms with van der Waals surface area (Å²) in [6.45, 7) is 10.3. The fourth-order valence-corrected chi connectivity index (χ4v) is 6.73. The number of hydrogen-bond donors (Lipinski definition) is 0. The van der Waals surface area contributed by atoms with Gasteiger partial charge in [0, 0.05) is 37.1 Å². The van der Waals surface area contributed by atoms with Gasteiger partial charge in [-0.05, 0) is 69.1 Å². The SMILES string of the molecule is CCN(C)[C@@H]1Cc2ccc(OC)cc2C(C)(C)[C@H]1N(C)CC1CCN(S(C)(=O)=O)CC1. The number of benzene rings is 1. The van der Waals surface area contributed by atoms with Gasteiger partial charge in [-0.3, -0.25) is 0 Å². The lowest BCUT2D eigenvalue weighted by atomic mass is 9.66. The molecule has 0 bridgehead atoms. The second-order valence-corrected chi connectivity index (χ2v) is 12.1. The Morgan fingerprint density at radius 1 is 1.16 bits per heavy atom. The molecule has 0 N–H and O–H groups in total. The topological polar surface area (TPSA) is 53.1 Å². The Hall–Kier alpha value is -1.15. The molecule has 0 saturated carbocycles. The summed E-state index contributed by atoms with van der Waals surface area (Å²) >= 11 is 0. The van der Waals surface area contributed by atoms with Crippen molar-refractivity contribution < 1.29 is 13.2 Å². The van der Waals surface area contributed by atoms with Crippen molar-refractivity contribution in [3.05, 3.63) is 29.3 Å². The van der Waals surface area contributed by atoms with E-state index in [1.165, 1.54) is 17.4 Å².